The minimum atomic E-state index is -0.941. The molecule has 3 aliphatic rings. The molecule has 3 aromatic rings. The summed E-state index contributed by atoms with van der Waals surface area (Å²) in [4.78, 5) is 0. The maximum absolute atomic E-state index is 15.3. The monoisotopic (exact) mass is 433 g/mol. The van der Waals surface area contributed by atoms with E-state index in [1.807, 2.05) is 24.4 Å². The molecular weight excluding hydrogens is 409 g/mol. The Labute approximate surface area is 184 Å². The molecule has 1 aromatic carbocycles. The number of benzene rings is 1. The number of aromatic hydroxyl groups is 1. The molecule has 0 unspecified atom stereocenters. The molecule has 2 N–H and O–H groups in total. The predicted molar refractivity (Wildman–Crippen MR) is 117 cm³/mol. The molecule has 164 valence electrons. The average Bonchev–Trinajstić information content (AvgIpc) is 3.36. The summed E-state index contributed by atoms with van der Waals surface area (Å²) in [6.45, 7) is 0.379. The quantitative estimate of drug-likeness (QED) is 0.656. The lowest BCUT2D eigenvalue weighted by molar-refractivity contribution is 0.0974. The summed E-state index contributed by atoms with van der Waals surface area (Å²) in [6.07, 6.45) is 8.32. The number of alkyl halides is 1. The molecule has 2 fully saturated rings. The van der Waals surface area contributed by atoms with E-state index in [0.29, 0.717) is 35.3 Å². The smallest absolute Gasteiger partial charge is 0.149 e. The Bertz CT molecular complexity index is 1180. The van der Waals surface area contributed by atoms with E-state index in [1.165, 1.54) is 0 Å². The first-order valence-electron chi connectivity index (χ1n) is 11.1. The van der Waals surface area contributed by atoms with Crippen LogP contribution in [-0.2, 0) is 0 Å². The SMILES string of the molecule is Oc1cc(-n2cccn2)ccc1-c1cc2c(nn1)C([C@H]1C[C@@H]3CCC[C@@H](N3)[C@H]1F)=CCO2. The van der Waals surface area contributed by atoms with Crippen LogP contribution >= 0.6 is 0 Å². The summed E-state index contributed by atoms with van der Waals surface area (Å²) in [7, 11) is 0. The number of piperidine rings is 2. The molecule has 2 bridgehead atoms. The van der Waals surface area contributed by atoms with E-state index < -0.39 is 6.17 Å². The molecule has 2 saturated heterocycles. The van der Waals surface area contributed by atoms with Gasteiger partial charge in [-0.3, -0.25) is 0 Å². The van der Waals surface area contributed by atoms with Gasteiger partial charge in [-0.15, -0.1) is 10.2 Å². The molecular formula is C24H24FN5O2. The summed E-state index contributed by atoms with van der Waals surface area (Å²) < 4.78 is 22.8. The van der Waals surface area contributed by atoms with Crippen LogP contribution in [0.25, 0.3) is 22.5 Å². The van der Waals surface area contributed by atoms with E-state index >= 15 is 4.39 Å². The van der Waals surface area contributed by atoms with Crippen LogP contribution in [0.3, 0.4) is 0 Å². The Kier molecular flexibility index (Phi) is 4.68. The summed E-state index contributed by atoms with van der Waals surface area (Å²) in [5.41, 5.74) is 3.31. The van der Waals surface area contributed by atoms with Gasteiger partial charge in [0, 0.05) is 48.1 Å². The second-order valence-electron chi connectivity index (χ2n) is 8.75. The predicted octanol–water partition coefficient (Wildman–Crippen LogP) is 3.68. The largest absolute Gasteiger partial charge is 0.507 e. The van der Waals surface area contributed by atoms with Crippen LogP contribution in [0.2, 0.25) is 0 Å². The Hall–Kier alpha value is -3.26. The lowest BCUT2D eigenvalue weighted by Crippen LogP contribution is -2.55. The standard InChI is InChI=1S/C24H24FN5O2/c25-23-18(11-14-3-1-4-19(23)27-14)16-7-10-32-22-13-20(28-29-24(16)22)17-6-5-15(12-21(17)31)30-9-2-8-26-30/h2,5-9,12-14,18-19,23,27,31H,1,3-4,10-11H2/t14-,18+,19+,23-/m0/s1. The number of hydrogen-bond donors (Lipinski definition) is 2. The molecule has 7 nitrogen and oxygen atoms in total. The zero-order valence-corrected chi connectivity index (χ0v) is 17.5. The highest BCUT2D eigenvalue weighted by Gasteiger charge is 2.42. The summed E-state index contributed by atoms with van der Waals surface area (Å²) in [6, 6.07) is 9.15. The highest BCUT2D eigenvalue weighted by atomic mass is 19.1. The van der Waals surface area contributed by atoms with Crippen molar-refractivity contribution in [2.75, 3.05) is 6.61 Å². The van der Waals surface area contributed by atoms with Crippen LogP contribution in [0.4, 0.5) is 4.39 Å². The maximum Gasteiger partial charge on any atom is 0.149 e. The van der Waals surface area contributed by atoms with Crippen LogP contribution in [-0.4, -0.2) is 49.9 Å². The van der Waals surface area contributed by atoms with Crippen molar-refractivity contribution in [1.82, 2.24) is 25.3 Å². The highest BCUT2D eigenvalue weighted by molar-refractivity contribution is 5.75. The first kappa shape index (κ1) is 19.4. The molecule has 0 spiro atoms. The first-order valence-corrected chi connectivity index (χ1v) is 11.1. The third kappa shape index (κ3) is 3.26. The number of fused-ring (bicyclic) bond motifs is 3. The van der Waals surface area contributed by atoms with Crippen LogP contribution in [0.5, 0.6) is 11.5 Å². The number of nitrogens with one attached hydrogen (secondary N) is 1. The number of halogens is 1. The third-order valence-electron chi connectivity index (χ3n) is 6.82. The Balaban J connectivity index is 1.31. The maximum atomic E-state index is 15.3. The molecule has 4 atom stereocenters. The second kappa shape index (κ2) is 7.70. The number of phenols is 1. The van der Waals surface area contributed by atoms with Crippen molar-refractivity contribution < 1.29 is 14.2 Å². The first-order chi connectivity index (χ1) is 15.7. The van der Waals surface area contributed by atoms with Gasteiger partial charge in [0.15, 0.2) is 0 Å². The molecule has 6 rings (SSSR count). The number of phenolic OH excluding ortho intramolecular Hbond substituents is 1. The topological polar surface area (TPSA) is 85.1 Å². The fraction of sp³-hybridized carbons (Fsp3) is 0.375. The molecule has 2 aromatic heterocycles. The third-order valence-corrected chi connectivity index (χ3v) is 6.82. The number of nitrogens with zero attached hydrogens (tertiary/aromatic N) is 4. The minimum absolute atomic E-state index is 0.0776. The van der Waals surface area contributed by atoms with Gasteiger partial charge in [0.05, 0.1) is 5.69 Å². The summed E-state index contributed by atoms with van der Waals surface area (Å²) >= 11 is 0. The van der Waals surface area contributed by atoms with Gasteiger partial charge in [-0.2, -0.15) is 5.10 Å². The number of aromatic nitrogens is 4. The molecule has 8 heteroatoms. The average molecular weight is 433 g/mol. The van der Waals surface area contributed by atoms with E-state index in [1.54, 1.807) is 29.1 Å². The van der Waals surface area contributed by atoms with Gasteiger partial charge in [-0.25, -0.2) is 9.07 Å². The zero-order valence-electron chi connectivity index (χ0n) is 17.5. The number of hydrogen-bond acceptors (Lipinski definition) is 6. The van der Waals surface area contributed by atoms with Gasteiger partial charge in [0.25, 0.3) is 0 Å². The van der Waals surface area contributed by atoms with Crippen molar-refractivity contribution >= 4 is 5.57 Å². The molecule has 5 heterocycles. The molecule has 3 aliphatic heterocycles. The Morgan fingerprint density at radius 3 is 2.97 bits per heavy atom. The lowest BCUT2D eigenvalue weighted by atomic mass is 9.74. The van der Waals surface area contributed by atoms with Crippen LogP contribution < -0.4 is 10.1 Å². The molecule has 0 aliphatic carbocycles. The number of allylic oxidation sites excluding steroid dienone is 1. The van der Waals surface area contributed by atoms with E-state index in [0.717, 1.165) is 36.9 Å². The van der Waals surface area contributed by atoms with Gasteiger partial charge < -0.3 is 15.2 Å². The van der Waals surface area contributed by atoms with Crippen molar-refractivity contribution in [1.29, 1.82) is 0 Å². The number of rotatable bonds is 3. The zero-order chi connectivity index (χ0) is 21.7. The van der Waals surface area contributed by atoms with E-state index in [9.17, 15) is 5.11 Å². The summed E-state index contributed by atoms with van der Waals surface area (Å²) in [5.74, 6) is 0.462. The Morgan fingerprint density at radius 2 is 2.12 bits per heavy atom. The minimum Gasteiger partial charge on any atom is -0.507 e. The fourth-order valence-corrected chi connectivity index (χ4v) is 5.27. The fourth-order valence-electron chi connectivity index (χ4n) is 5.27. The van der Waals surface area contributed by atoms with Gasteiger partial charge >= 0.3 is 0 Å². The van der Waals surface area contributed by atoms with Crippen molar-refractivity contribution in [3.8, 4) is 28.4 Å². The molecule has 0 saturated carbocycles. The lowest BCUT2D eigenvalue weighted by Gasteiger charge is -2.44. The number of ether oxygens (including phenoxy) is 1. The van der Waals surface area contributed by atoms with E-state index in [2.05, 4.69) is 20.6 Å². The molecule has 32 heavy (non-hydrogen) atoms. The van der Waals surface area contributed by atoms with Gasteiger partial charge in [-0.1, -0.05) is 6.42 Å². The Morgan fingerprint density at radius 1 is 1.19 bits per heavy atom. The normalized spacial score (nSPS) is 26.7. The second-order valence-corrected chi connectivity index (χ2v) is 8.75. The van der Waals surface area contributed by atoms with Crippen LogP contribution in [0, 0.1) is 5.92 Å². The summed E-state index contributed by atoms with van der Waals surface area (Å²) in [5, 5.41) is 27.0. The van der Waals surface area contributed by atoms with Crippen LogP contribution in [0.1, 0.15) is 31.4 Å². The van der Waals surface area contributed by atoms with Gasteiger partial charge in [-0.05, 0) is 49.1 Å². The van der Waals surface area contributed by atoms with Crippen LogP contribution in [0.15, 0.2) is 48.8 Å². The van der Waals surface area contributed by atoms with E-state index in [-0.39, 0.29) is 17.7 Å². The highest BCUT2D eigenvalue weighted by Crippen LogP contribution is 2.43. The molecule has 0 amide bonds. The molecule has 0 radical (unpaired) electrons. The van der Waals surface area contributed by atoms with Crippen molar-refractivity contribution in [2.24, 2.45) is 5.92 Å². The van der Waals surface area contributed by atoms with Gasteiger partial charge in [0.2, 0.25) is 0 Å². The van der Waals surface area contributed by atoms with Crippen molar-refractivity contribution in [2.45, 2.75) is 43.9 Å². The van der Waals surface area contributed by atoms with Crippen molar-refractivity contribution in [3.63, 3.8) is 0 Å². The van der Waals surface area contributed by atoms with Gasteiger partial charge in [0.1, 0.15) is 35.7 Å². The van der Waals surface area contributed by atoms with E-state index in [4.69, 9.17) is 4.74 Å². The van der Waals surface area contributed by atoms with Crippen molar-refractivity contribution in [3.05, 3.63) is 54.5 Å².